The van der Waals surface area contributed by atoms with E-state index in [1.165, 1.54) is 9.80 Å². The number of carbonyl (C=O) groups is 3. The summed E-state index contributed by atoms with van der Waals surface area (Å²) in [6.07, 6.45) is 0. The Kier molecular flexibility index (Phi) is 4.79. The molecule has 0 fully saturated rings. The molecule has 0 N–H and O–H groups in total. The van der Waals surface area contributed by atoms with Gasteiger partial charge in [-0.05, 0) is 31.2 Å². The van der Waals surface area contributed by atoms with Gasteiger partial charge in [-0.25, -0.2) is 0 Å². The van der Waals surface area contributed by atoms with Gasteiger partial charge in [0.05, 0.1) is 18.0 Å². The Morgan fingerprint density at radius 2 is 1.64 bits per heavy atom. The van der Waals surface area contributed by atoms with Gasteiger partial charge in [0, 0.05) is 5.56 Å². The summed E-state index contributed by atoms with van der Waals surface area (Å²) in [5.74, 6) is -1.05. The van der Waals surface area contributed by atoms with Crippen LogP contribution in [0.3, 0.4) is 0 Å². The number of nitrogens with zero attached hydrogens (tertiary/aromatic N) is 2. The molecule has 0 aromatic heterocycles. The summed E-state index contributed by atoms with van der Waals surface area (Å²) in [6.45, 7) is 1.67. The van der Waals surface area contributed by atoms with Crippen molar-refractivity contribution in [2.24, 2.45) is 0 Å². The predicted octanol–water partition coefficient (Wildman–Crippen LogP) is 2.24. The van der Waals surface area contributed by atoms with Crippen LogP contribution < -0.4 is 9.80 Å². The zero-order chi connectivity index (χ0) is 17.8. The Morgan fingerprint density at radius 3 is 2.32 bits per heavy atom. The van der Waals surface area contributed by atoms with E-state index in [1.54, 1.807) is 55.5 Å². The first-order valence-corrected chi connectivity index (χ1v) is 8.03. The molecule has 1 aliphatic heterocycles. The Hall–Kier alpha value is -3.15. The van der Waals surface area contributed by atoms with Crippen molar-refractivity contribution in [3.05, 3.63) is 60.2 Å². The van der Waals surface area contributed by atoms with Crippen molar-refractivity contribution in [3.8, 4) is 0 Å². The van der Waals surface area contributed by atoms with Crippen molar-refractivity contribution >= 4 is 29.2 Å². The molecule has 25 heavy (non-hydrogen) atoms. The Balaban J connectivity index is 1.94. The number of hydrogen-bond donors (Lipinski definition) is 0. The van der Waals surface area contributed by atoms with E-state index in [0.29, 0.717) is 16.9 Å². The minimum atomic E-state index is -0.478. The Morgan fingerprint density at radius 1 is 1.00 bits per heavy atom. The molecule has 0 aliphatic carbocycles. The Bertz CT molecular complexity index is 804. The van der Waals surface area contributed by atoms with E-state index in [9.17, 15) is 14.4 Å². The average Bonchev–Trinajstić information content (AvgIpc) is 2.64. The van der Waals surface area contributed by atoms with Crippen molar-refractivity contribution in [2.45, 2.75) is 6.92 Å². The first kappa shape index (κ1) is 16.7. The van der Waals surface area contributed by atoms with Crippen molar-refractivity contribution < 1.29 is 19.1 Å². The number of esters is 1. The maximum atomic E-state index is 12.8. The number of anilines is 2. The van der Waals surface area contributed by atoms with Crippen molar-refractivity contribution in [1.82, 2.24) is 0 Å². The van der Waals surface area contributed by atoms with Gasteiger partial charge in [-0.3, -0.25) is 24.2 Å². The Labute approximate surface area is 145 Å². The number of fused-ring (bicyclic) bond motifs is 1. The number of amides is 2. The highest BCUT2D eigenvalue weighted by Gasteiger charge is 2.33. The molecular weight excluding hydrogens is 320 g/mol. The molecule has 2 aromatic rings. The lowest BCUT2D eigenvalue weighted by atomic mass is 10.1. The first-order chi connectivity index (χ1) is 12.1. The molecule has 6 nitrogen and oxygen atoms in total. The zero-order valence-electron chi connectivity index (χ0n) is 13.8. The van der Waals surface area contributed by atoms with Gasteiger partial charge in [-0.15, -0.1) is 0 Å². The number of ether oxygens (including phenoxy) is 1. The predicted molar refractivity (Wildman–Crippen MR) is 93.5 cm³/mol. The maximum Gasteiger partial charge on any atom is 0.326 e. The molecule has 0 unspecified atom stereocenters. The van der Waals surface area contributed by atoms with Crippen LogP contribution in [0.4, 0.5) is 11.4 Å². The summed E-state index contributed by atoms with van der Waals surface area (Å²) in [6, 6.07) is 15.8. The topological polar surface area (TPSA) is 66.9 Å². The van der Waals surface area contributed by atoms with Gasteiger partial charge in [-0.2, -0.15) is 0 Å². The van der Waals surface area contributed by atoms with Crippen LogP contribution in [-0.2, 0) is 14.3 Å². The third-order valence-electron chi connectivity index (χ3n) is 3.92. The molecule has 0 radical (unpaired) electrons. The summed E-state index contributed by atoms with van der Waals surface area (Å²) in [4.78, 5) is 40.0. The van der Waals surface area contributed by atoms with Crippen LogP contribution in [0.2, 0.25) is 0 Å². The van der Waals surface area contributed by atoms with Gasteiger partial charge < -0.3 is 4.74 Å². The molecule has 2 amide bonds. The SMILES string of the molecule is CCOC(=O)CN1C(=O)CN(C(=O)c2ccccc2)c2ccccc21. The van der Waals surface area contributed by atoms with E-state index in [0.717, 1.165) is 0 Å². The molecule has 0 saturated heterocycles. The molecule has 0 bridgehead atoms. The molecule has 6 heteroatoms. The van der Waals surface area contributed by atoms with Gasteiger partial charge in [0.15, 0.2) is 0 Å². The standard InChI is InChI=1S/C19H18N2O4/c1-2-25-18(23)13-20-15-10-6-7-11-16(15)21(12-17(20)22)19(24)14-8-4-3-5-9-14/h3-11H,2,12-13H2,1H3. The van der Waals surface area contributed by atoms with Crippen molar-refractivity contribution in [3.63, 3.8) is 0 Å². The van der Waals surface area contributed by atoms with Gasteiger partial charge >= 0.3 is 5.97 Å². The highest BCUT2D eigenvalue weighted by atomic mass is 16.5. The third kappa shape index (κ3) is 3.38. The molecule has 0 spiro atoms. The zero-order valence-corrected chi connectivity index (χ0v) is 13.8. The lowest BCUT2D eigenvalue weighted by Crippen LogP contribution is -2.49. The normalized spacial score (nSPS) is 13.4. The second-order valence-corrected chi connectivity index (χ2v) is 5.53. The van der Waals surface area contributed by atoms with Gasteiger partial charge in [0.2, 0.25) is 5.91 Å². The number of hydrogen-bond acceptors (Lipinski definition) is 4. The molecule has 2 aromatic carbocycles. The van der Waals surface area contributed by atoms with E-state index in [2.05, 4.69) is 0 Å². The van der Waals surface area contributed by atoms with Crippen LogP contribution in [0.25, 0.3) is 0 Å². The lowest BCUT2D eigenvalue weighted by Gasteiger charge is -2.35. The molecule has 3 rings (SSSR count). The molecule has 0 saturated carbocycles. The van der Waals surface area contributed by atoms with Crippen LogP contribution in [0.5, 0.6) is 0 Å². The summed E-state index contributed by atoms with van der Waals surface area (Å²) < 4.78 is 4.94. The molecule has 1 heterocycles. The fraction of sp³-hybridized carbons (Fsp3) is 0.211. The quantitative estimate of drug-likeness (QED) is 0.802. The molecule has 1 aliphatic rings. The second kappa shape index (κ2) is 7.17. The average molecular weight is 338 g/mol. The number of carbonyl (C=O) groups excluding carboxylic acids is 3. The maximum absolute atomic E-state index is 12.8. The molecule has 0 atom stereocenters. The minimum absolute atomic E-state index is 0.121. The highest BCUT2D eigenvalue weighted by Crippen LogP contribution is 2.34. The number of rotatable bonds is 4. The van der Waals surface area contributed by atoms with Gasteiger partial charge in [0.25, 0.3) is 5.91 Å². The summed E-state index contributed by atoms with van der Waals surface area (Å²) in [5, 5.41) is 0. The van der Waals surface area contributed by atoms with Gasteiger partial charge in [0.1, 0.15) is 13.1 Å². The number of para-hydroxylation sites is 2. The van der Waals surface area contributed by atoms with E-state index in [4.69, 9.17) is 4.74 Å². The highest BCUT2D eigenvalue weighted by molar-refractivity contribution is 6.16. The second-order valence-electron chi connectivity index (χ2n) is 5.53. The molecular formula is C19H18N2O4. The minimum Gasteiger partial charge on any atom is -0.465 e. The van der Waals surface area contributed by atoms with Crippen molar-refractivity contribution in [2.75, 3.05) is 29.5 Å². The monoisotopic (exact) mass is 338 g/mol. The van der Waals surface area contributed by atoms with Crippen LogP contribution in [-0.4, -0.2) is 37.5 Å². The van der Waals surface area contributed by atoms with Crippen LogP contribution in [0, 0.1) is 0 Å². The third-order valence-corrected chi connectivity index (χ3v) is 3.92. The van der Waals surface area contributed by atoms with E-state index < -0.39 is 5.97 Å². The fourth-order valence-electron chi connectivity index (χ4n) is 2.79. The number of benzene rings is 2. The van der Waals surface area contributed by atoms with Crippen LogP contribution >= 0.6 is 0 Å². The summed E-state index contributed by atoms with van der Waals surface area (Å²) in [5.41, 5.74) is 1.63. The molecule has 128 valence electrons. The van der Waals surface area contributed by atoms with Crippen LogP contribution in [0.15, 0.2) is 54.6 Å². The smallest absolute Gasteiger partial charge is 0.326 e. The summed E-state index contributed by atoms with van der Waals surface area (Å²) in [7, 11) is 0. The van der Waals surface area contributed by atoms with Crippen LogP contribution in [0.1, 0.15) is 17.3 Å². The largest absolute Gasteiger partial charge is 0.465 e. The lowest BCUT2D eigenvalue weighted by molar-refractivity contribution is -0.142. The van der Waals surface area contributed by atoms with Gasteiger partial charge in [-0.1, -0.05) is 30.3 Å². The van der Waals surface area contributed by atoms with E-state index in [1.807, 2.05) is 6.07 Å². The van der Waals surface area contributed by atoms with E-state index in [-0.39, 0.29) is 31.5 Å². The van der Waals surface area contributed by atoms with Crippen molar-refractivity contribution in [1.29, 1.82) is 0 Å². The fourth-order valence-corrected chi connectivity index (χ4v) is 2.79. The summed E-state index contributed by atoms with van der Waals surface area (Å²) >= 11 is 0. The van der Waals surface area contributed by atoms with E-state index >= 15 is 0 Å². The first-order valence-electron chi connectivity index (χ1n) is 8.03.